The maximum atomic E-state index is 12.1. The summed E-state index contributed by atoms with van der Waals surface area (Å²) >= 11 is 0. The summed E-state index contributed by atoms with van der Waals surface area (Å²) in [6, 6.07) is 10.1. The molecule has 0 saturated heterocycles. The van der Waals surface area contributed by atoms with Gasteiger partial charge in [-0.05, 0) is 24.8 Å². The number of benzene rings is 1. The molecule has 0 aliphatic carbocycles. The zero-order valence-electron chi connectivity index (χ0n) is 11.4. The molecule has 3 heteroatoms. The zero-order valence-corrected chi connectivity index (χ0v) is 11.4. The Morgan fingerprint density at radius 2 is 2.16 bits per heavy atom. The molecule has 0 saturated carbocycles. The summed E-state index contributed by atoms with van der Waals surface area (Å²) in [5.41, 5.74) is 1.02. The lowest BCUT2D eigenvalue weighted by Gasteiger charge is -2.30. The molecule has 1 aliphatic rings. The molecule has 1 heterocycles. The number of nitrogens with zero attached hydrogens (tertiary/aromatic N) is 1. The summed E-state index contributed by atoms with van der Waals surface area (Å²) in [7, 11) is 0. The van der Waals surface area contributed by atoms with Gasteiger partial charge in [0.25, 0.3) is 0 Å². The molecular formula is C16H21NO2. The average molecular weight is 259 g/mol. The Hall–Kier alpha value is -1.77. The van der Waals surface area contributed by atoms with Crippen molar-refractivity contribution in [1.29, 1.82) is 0 Å². The highest BCUT2D eigenvalue weighted by molar-refractivity contribution is 5.69. The lowest BCUT2D eigenvalue weighted by atomic mass is 10.0. The molecule has 1 aliphatic heterocycles. The number of ether oxygens (including phenoxy) is 1. The minimum Gasteiger partial charge on any atom is -0.444 e. The van der Waals surface area contributed by atoms with Crippen LogP contribution in [0.3, 0.4) is 0 Å². The largest absolute Gasteiger partial charge is 0.444 e. The summed E-state index contributed by atoms with van der Waals surface area (Å²) in [5, 5.41) is 0. The molecule has 0 radical (unpaired) electrons. The molecule has 3 nitrogen and oxygen atoms in total. The van der Waals surface area contributed by atoms with Gasteiger partial charge in [-0.1, -0.05) is 49.8 Å². The fraction of sp³-hybridized carbons (Fsp3) is 0.438. The van der Waals surface area contributed by atoms with E-state index in [0.29, 0.717) is 12.6 Å². The Labute approximate surface area is 114 Å². The minimum atomic E-state index is -0.238. The van der Waals surface area contributed by atoms with Crippen LogP contribution in [0.15, 0.2) is 42.6 Å². The van der Waals surface area contributed by atoms with Crippen molar-refractivity contribution < 1.29 is 9.53 Å². The number of hydrogen-bond acceptors (Lipinski definition) is 2. The van der Waals surface area contributed by atoms with Gasteiger partial charge in [0.05, 0.1) is 0 Å². The van der Waals surface area contributed by atoms with Gasteiger partial charge < -0.3 is 4.74 Å². The van der Waals surface area contributed by atoms with E-state index in [2.05, 4.69) is 6.92 Å². The maximum absolute atomic E-state index is 12.1. The van der Waals surface area contributed by atoms with Crippen molar-refractivity contribution in [2.45, 2.75) is 45.3 Å². The fourth-order valence-electron chi connectivity index (χ4n) is 2.36. The molecule has 1 unspecified atom stereocenters. The van der Waals surface area contributed by atoms with Crippen LogP contribution < -0.4 is 0 Å². The average Bonchev–Trinajstić information content (AvgIpc) is 2.47. The van der Waals surface area contributed by atoms with Crippen molar-refractivity contribution >= 4 is 6.09 Å². The highest BCUT2D eigenvalue weighted by Crippen LogP contribution is 2.20. The second-order valence-corrected chi connectivity index (χ2v) is 4.85. The van der Waals surface area contributed by atoms with E-state index in [4.69, 9.17) is 4.74 Å². The first-order chi connectivity index (χ1) is 9.31. The second-order valence-electron chi connectivity index (χ2n) is 4.85. The van der Waals surface area contributed by atoms with Crippen molar-refractivity contribution in [2.24, 2.45) is 0 Å². The Kier molecular flexibility index (Phi) is 5.01. The number of hydrogen-bond donors (Lipinski definition) is 0. The fourth-order valence-corrected chi connectivity index (χ4v) is 2.36. The van der Waals surface area contributed by atoms with Crippen LogP contribution in [0.2, 0.25) is 0 Å². The van der Waals surface area contributed by atoms with Crippen molar-refractivity contribution in [1.82, 2.24) is 4.90 Å². The predicted molar refractivity (Wildman–Crippen MR) is 75.5 cm³/mol. The third-order valence-electron chi connectivity index (χ3n) is 3.36. The normalized spacial score (nSPS) is 18.4. The van der Waals surface area contributed by atoms with Crippen LogP contribution in [0, 0.1) is 0 Å². The molecule has 0 bridgehead atoms. The van der Waals surface area contributed by atoms with Gasteiger partial charge in [-0.2, -0.15) is 0 Å². The number of rotatable bonds is 4. The Balaban J connectivity index is 1.91. The molecule has 0 aromatic heterocycles. The summed E-state index contributed by atoms with van der Waals surface area (Å²) in [6.45, 7) is 2.48. The molecule has 19 heavy (non-hydrogen) atoms. The monoisotopic (exact) mass is 259 g/mol. The van der Waals surface area contributed by atoms with Gasteiger partial charge in [0.2, 0.25) is 0 Å². The van der Waals surface area contributed by atoms with E-state index in [9.17, 15) is 4.79 Å². The number of amides is 1. The molecule has 1 atom stereocenters. The molecule has 0 N–H and O–H groups in total. The molecule has 102 valence electrons. The quantitative estimate of drug-likeness (QED) is 0.814. The standard InChI is InChI=1S/C16H21NO2/c1-2-8-15-11-6-7-12-17(15)16(18)19-13-14-9-4-3-5-10-14/h3-5,7,9-10,12,15H,2,6,8,11,13H2,1H3. The second kappa shape index (κ2) is 6.98. The highest BCUT2D eigenvalue weighted by atomic mass is 16.6. The number of carbonyl (C=O) groups is 1. The van der Waals surface area contributed by atoms with E-state index in [-0.39, 0.29) is 6.09 Å². The first kappa shape index (κ1) is 13.7. The minimum absolute atomic E-state index is 0.238. The SMILES string of the molecule is CCCC1CCC=CN1C(=O)OCc1ccccc1. The number of carbonyl (C=O) groups excluding carboxylic acids is 1. The lowest BCUT2D eigenvalue weighted by Crippen LogP contribution is -2.38. The van der Waals surface area contributed by atoms with Crippen molar-refractivity contribution in [3.63, 3.8) is 0 Å². The molecule has 2 rings (SSSR count). The van der Waals surface area contributed by atoms with E-state index in [0.717, 1.165) is 31.2 Å². The Morgan fingerprint density at radius 1 is 1.37 bits per heavy atom. The first-order valence-corrected chi connectivity index (χ1v) is 6.97. The van der Waals surface area contributed by atoms with Gasteiger partial charge in [0.15, 0.2) is 0 Å². The van der Waals surface area contributed by atoms with Crippen LogP contribution in [0.25, 0.3) is 0 Å². The molecule has 1 aromatic carbocycles. The van der Waals surface area contributed by atoms with Gasteiger partial charge in [-0.15, -0.1) is 0 Å². The summed E-state index contributed by atoms with van der Waals surface area (Å²) in [6.07, 6.45) is 7.87. The number of allylic oxidation sites excluding steroid dienone is 1. The Morgan fingerprint density at radius 3 is 2.89 bits per heavy atom. The molecule has 1 aromatic rings. The summed E-state index contributed by atoms with van der Waals surface area (Å²) < 4.78 is 5.38. The van der Waals surface area contributed by atoms with Crippen LogP contribution in [0.1, 0.15) is 38.2 Å². The highest BCUT2D eigenvalue weighted by Gasteiger charge is 2.24. The van der Waals surface area contributed by atoms with Crippen molar-refractivity contribution in [3.8, 4) is 0 Å². The van der Waals surface area contributed by atoms with Crippen LogP contribution in [-0.4, -0.2) is 17.0 Å². The van der Waals surface area contributed by atoms with Gasteiger partial charge in [-0.25, -0.2) is 4.79 Å². The van der Waals surface area contributed by atoms with Crippen LogP contribution in [0.4, 0.5) is 4.79 Å². The topological polar surface area (TPSA) is 29.5 Å². The predicted octanol–water partition coefficient (Wildman–Crippen LogP) is 4.10. The van der Waals surface area contributed by atoms with E-state index >= 15 is 0 Å². The third kappa shape index (κ3) is 3.85. The van der Waals surface area contributed by atoms with Crippen LogP contribution in [-0.2, 0) is 11.3 Å². The summed E-state index contributed by atoms with van der Waals surface area (Å²) in [5.74, 6) is 0. The molecule has 0 spiro atoms. The molecule has 1 amide bonds. The van der Waals surface area contributed by atoms with E-state index in [1.807, 2.05) is 42.6 Å². The van der Waals surface area contributed by atoms with Crippen molar-refractivity contribution in [2.75, 3.05) is 0 Å². The van der Waals surface area contributed by atoms with Gasteiger partial charge in [-0.3, -0.25) is 4.90 Å². The van der Waals surface area contributed by atoms with E-state index in [1.165, 1.54) is 0 Å². The zero-order chi connectivity index (χ0) is 13.5. The first-order valence-electron chi connectivity index (χ1n) is 6.97. The van der Waals surface area contributed by atoms with Crippen molar-refractivity contribution in [3.05, 3.63) is 48.2 Å². The van der Waals surface area contributed by atoms with E-state index in [1.54, 1.807) is 4.90 Å². The van der Waals surface area contributed by atoms with Crippen LogP contribution >= 0.6 is 0 Å². The third-order valence-corrected chi connectivity index (χ3v) is 3.36. The van der Waals surface area contributed by atoms with Crippen LogP contribution in [0.5, 0.6) is 0 Å². The smallest absolute Gasteiger partial charge is 0.414 e. The van der Waals surface area contributed by atoms with Gasteiger partial charge >= 0.3 is 6.09 Å². The van der Waals surface area contributed by atoms with Gasteiger partial charge in [0.1, 0.15) is 6.61 Å². The maximum Gasteiger partial charge on any atom is 0.414 e. The van der Waals surface area contributed by atoms with Gasteiger partial charge in [0, 0.05) is 12.2 Å². The summed E-state index contributed by atoms with van der Waals surface area (Å²) in [4.78, 5) is 13.9. The lowest BCUT2D eigenvalue weighted by molar-refractivity contribution is 0.0933. The Bertz CT molecular complexity index is 428. The molecule has 0 fully saturated rings. The van der Waals surface area contributed by atoms with E-state index < -0.39 is 0 Å². The molecular weight excluding hydrogens is 238 g/mol.